The maximum atomic E-state index is 12.8. The van der Waals surface area contributed by atoms with Gasteiger partial charge in [0.05, 0.1) is 6.04 Å². The van der Waals surface area contributed by atoms with E-state index in [9.17, 15) is 4.79 Å². The molecule has 0 bridgehead atoms. The van der Waals surface area contributed by atoms with Gasteiger partial charge in [-0.25, -0.2) is 4.98 Å². The topological polar surface area (TPSA) is 53.9 Å². The number of nitrogens with one attached hydrogen (secondary N) is 1. The van der Waals surface area contributed by atoms with E-state index in [1.54, 1.807) is 0 Å². The average molecular weight is 308 g/mol. The molecule has 1 aliphatic heterocycles. The molecule has 5 heteroatoms. The van der Waals surface area contributed by atoms with Gasteiger partial charge in [0.2, 0.25) is 0 Å². The second kappa shape index (κ2) is 5.57. The number of imidazole rings is 1. The maximum absolute atomic E-state index is 12.8. The van der Waals surface area contributed by atoms with Crippen LogP contribution in [0.4, 0.5) is 0 Å². The first-order valence-electron chi connectivity index (χ1n) is 8.09. The van der Waals surface area contributed by atoms with Crippen molar-refractivity contribution in [3.8, 4) is 0 Å². The van der Waals surface area contributed by atoms with E-state index in [2.05, 4.69) is 14.5 Å². The Labute approximate surface area is 134 Å². The SMILES string of the molecule is Cc1nccn1[C@H]1CCCN(C(=O)c2cc3ccccc3[nH]2)C1. The summed E-state index contributed by atoms with van der Waals surface area (Å²) in [5.41, 5.74) is 1.68. The number of carbonyl (C=O) groups excluding carboxylic acids is 1. The molecule has 1 N–H and O–H groups in total. The molecule has 3 aromatic rings. The van der Waals surface area contributed by atoms with E-state index in [0.717, 1.165) is 42.7 Å². The van der Waals surface area contributed by atoms with Crippen molar-refractivity contribution in [1.82, 2.24) is 19.4 Å². The zero-order valence-corrected chi connectivity index (χ0v) is 13.2. The summed E-state index contributed by atoms with van der Waals surface area (Å²) >= 11 is 0. The number of rotatable bonds is 2. The molecule has 1 aromatic carbocycles. The van der Waals surface area contributed by atoms with E-state index < -0.39 is 0 Å². The third-order valence-electron chi connectivity index (χ3n) is 4.70. The highest BCUT2D eigenvalue weighted by molar-refractivity contribution is 5.98. The number of aromatic amines is 1. The number of carbonyl (C=O) groups is 1. The molecule has 5 nitrogen and oxygen atoms in total. The molecule has 118 valence electrons. The van der Waals surface area contributed by atoms with Gasteiger partial charge in [0.1, 0.15) is 11.5 Å². The third kappa shape index (κ3) is 2.52. The Bertz CT molecular complexity index is 814. The molecule has 0 radical (unpaired) electrons. The number of benzene rings is 1. The summed E-state index contributed by atoms with van der Waals surface area (Å²) in [4.78, 5) is 22.3. The highest BCUT2D eigenvalue weighted by atomic mass is 16.2. The number of aromatic nitrogens is 3. The number of likely N-dealkylation sites (tertiary alicyclic amines) is 1. The number of amides is 1. The van der Waals surface area contributed by atoms with Gasteiger partial charge in [-0.05, 0) is 31.9 Å². The smallest absolute Gasteiger partial charge is 0.270 e. The lowest BCUT2D eigenvalue weighted by Crippen LogP contribution is -2.41. The predicted octanol–water partition coefficient (Wildman–Crippen LogP) is 3.15. The van der Waals surface area contributed by atoms with Gasteiger partial charge in [0, 0.05) is 36.4 Å². The second-order valence-corrected chi connectivity index (χ2v) is 6.20. The van der Waals surface area contributed by atoms with Crippen molar-refractivity contribution in [3.05, 3.63) is 54.2 Å². The van der Waals surface area contributed by atoms with Crippen molar-refractivity contribution in [2.45, 2.75) is 25.8 Å². The first-order valence-corrected chi connectivity index (χ1v) is 8.09. The summed E-state index contributed by atoms with van der Waals surface area (Å²) in [6, 6.07) is 10.3. The van der Waals surface area contributed by atoms with Crippen molar-refractivity contribution in [1.29, 1.82) is 0 Å². The molecule has 2 aromatic heterocycles. The number of H-pyrrole nitrogens is 1. The van der Waals surface area contributed by atoms with E-state index in [0.29, 0.717) is 11.7 Å². The highest BCUT2D eigenvalue weighted by Gasteiger charge is 2.26. The van der Waals surface area contributed by atoms with Gasteiger partial charge in [0.25, 0.3) is 5.91 Å². The lowest BCUT2D eigenvalue weighted by atomic mass is 10.0. The fraction of sp³-hybridized carbons (Fsp3) is 0.333. The monoisotopic (exact) mass is 308 g/mol. The molecule has 23 heavy (non-hydrogen) atoms. The van der Waals surface area contributed by atoms with Crippen LogP contribution in [0, 0.1) is 6.92 Å². The molecule has 1 saturated heterocycles. The average Bonchev–Trinajstić information content (AvgIpc) is 3.20. The van der Waals surface area contributed by atoms with Crippen LogP contribution in [-0.4, -0.2) is 38.4 Å². The fourth-order valence-electron chi connectivity index (χ4n) is 3.50. The second-order valence-electron chi connectivity index (χ2n) is 6.20. The number of hydrogen-bond acceptors (Lipinski definition) is 2. The first-order chi connectivity index (χ1) is 11.2. The molecule has 0 saturated carbocycles. The maximum Gasteiger partial charge on any atom is 0.270 e. The van der Waals surface area contributed by atoms with Gasteiger partial charge in [0.15, 0.2) is 0 Å². The Hall–Kier alpha value is -2.56. The lowest BCUT2D eigenvalue weighted by Gasteiger charge is -2.33. The van der Waals surface area contributed by atoms with Crippen molar-refractivity contribution < 1.29 is 4.79 Å². The van der Waals surface area contributed by atoms with E-state index in [-0.39, 0.29) is 5.91 Å². The minimum atomic E-state index is 0.0867. The molecular formula is C18H20N4O. The third-order valence-corrected chi connectivity index (χ3v) is 4.70. The van der Waals surface area contributed by atoms with Crippen molar-refractivity contribution in [3.63, 3.8) is 0 Å². The Morgan fingerprint density at radius 2 is 2.22 bits per heavy atom. The van der Waals surface area contributed by atoms with E-state index in [4.69, 9.17) is 0 Å². The number of piperidine rings is 1. The summed E-state index contributed by atoms with van der Waals surface area (Å²) in [5, 5.41) is 1.08. The van der Waals surface area contributed by atoms with Gasteiger partial charge in [-0.1, -0.05) is 18.2 Å². The number of hydrogen-bond donors (Lipinski definition) is 1. The molecule has 1 amide bonds. The Balaban J connectivity index is 1.57. The summed E-state index contributed by atoms with van der Waals surface area (Å²) in [7, 11) is 0. The van der Waals surface area contributed by atoms with Crippen LogP contribution in [0.5, 0.6) is 0 Å². The quantitative estimate of drug-likeness (QED) is 0.790. The molecular weight excluding hydrogens is 288 g/mol. The van der Waals surface area contributed by atoms with Crippen LogP contribution in [0.3, 0.4) is 0 Å². The van der Waals surface area contributed by atoms with Crippen LogP contribution in [0.15, 0.2) is 42.7 Å². The summed E-state index contributed by atoms with van der Waals surface area (Å²) in [5.74, 6) is 1.10. The number of nitrogens with zero attached hydrogens (tertiary/aromatic N) is 3. The first kappa shape index (κ1) is 14.1. The van der Waals surface area contributed by atoms with Crippen LogP contribution in [-0.2, 0) is 0 Å². The summed E-state index contributed by atoms with van der Waals surface area (Å²) in [6.07, 6.45) is 5.95. The minimum Gasteiger partial charge on any atom is -0.351 e. The van der Waals surface area contributed by atoms with Crippen LogP contribution < -0.4 is 0 Å². The molecule has 3 heterocycles. The van der Waals surface area contributed by atoms with E-state index >= 15 is 0 Å². The van der Waals surface area contributed by atoms with Crippen molar-refractivity contribution >= 4 is 16.8 Å². The molecule has 0 spiro atoms. The lowest BCUT2D eigenvalue weighted by molar-refractivity contribution is 0.0673. The molecule has 0 unspecified atom stereocenters. The standard InChI is InChI=1S/C18H20N4O/c1-13-19-8-10-22(13)15-6-4-9-21(12-15)18(23)17-11-14-5-2-3-7-16(14)20-17/h2-3,5,7-8,10-11,15,20H,4,6,9,12H2,1H3/t15-/m0/s1. The molecule has 1 atom stereocenters. The molecule has 0 aliphatic carbocycles. The van der Waals surface area contributed by atoms with Crippen LogP contribution in [0.2, 0.25) is 0 Å². The fourth-order valence-corrected chi connectivity index (χ4v) is 3.50. The van der Waals surface area contributed by atoms with Gasteiger partial charge in [-0.3, -0.25) is 4.79 Å². The zero-order valence-electron chi connectivity index (χ0n) is 13.2. The minimum absolute atomic E-state index is 0.0867. The summed E-state index contributed by atoms with van der Waals surface area (Å²) in [6.45, 7) is 3.57. The molecule has 4 rings (SSSR count). The summed E-state index contributed by atoms with van der Waals surface area (Å²) < 4.78 is 2.19. The number of aryl methyl sites for hydroxylation is 1. The highest BCUT2D eigenvalue weighted by Crippen LogP contribution is 2.24. The predicted molar refractivity (Wildman–Crippen MR) is 89.4 cm³/mol. The van der Waals surface area contributed by atoms with Gasteiger partial charge in [-0.2, -0.15) is 0 Å². The van der Waals surface area contributed by atoms with E-state index in [1.807, 2.05) is 54.5 Å². The van der Waals surface area contributed by atoms with Crippen molar-refractivity contribution in [2.24, 2.45) is 0 Å². The van der Waals surface area contributed by atoms with E-state index in [1.165, 1.54) is 0 Å². The largest absolute Gasteiger partial charge is 0.351 e. The van der Waals surface area contributed by atoms with Crippen LogP contribution in [0.1, 0.15) is 35.2 Å². The van der Waals surface area contributed by atoms with Gasteiger partial charge < -0.3 is 14.5 Å². The zero-order chi connectivity index (χ0) is 15.8. The Morgan fingerprint density at radius 1 is 1.35 bits per heavy atom. The number of fused-ring (bicyclic) bond motifs is 1. The van der Waals surface area contributed by atoms with Crippen LogP contribution >= 0.6 is 0 Å². The normalized spacial score (nSPS) is 18.5. The molecule has 1 aliphatic rings. The van der Waals surface area contributed by atoms with Crippen molar-refractivity contribution in [2.75, 3.05) is 13.1 Å². The van der Waals surface area contributed by atoms with Crippen LogP contribution in [0.25, 0.3) is 10.9 Å². The Kier molecular flexibility index (Phi) is 3.41. The van der Waals surface area contributed by atoms with Gasteiger partial charge in [-0.15, -0.1) is 0 Å². The Morgan fingerprint density at radius 3 is 3.00 bits per heavy atom. The molecule has 1 fully saturated rings. The van der Waals surface area contributed by atoms with Gasteiger partial charge >= 0.3 is 0 Å². The number of para-hydroxylation sites is 1.